The van der Waals surface area contributed by atoms with Crippen LogP contribution in [0.3, 0.4) is 0 Å². The number of non-ortho nitro benzene ring substituents is 1. The molecule has 0 aliphatic rings. The molecule has 1 aromatic heterocycles. The molecule has 0 unspecified atom stereocenters. The molecule has 0 saturated carbocycles. The van der Waals surface area contributed by atoms with E-state index in [1.54, 1.807) is 24.3 Å². The SMILES string of the molecule is CS(=O)(=O)c1ccc(-c2cc(C(=O)O)sc2-c2ccc([N+](=O)[O-])cc2)cc1. The molecular formula is C18H13NO6S2. The molecule has 0 radical (unpaired) electrons. The van der Waals surface area contributed by atoms with Gasteiger partial charge < -0.3 is 5.11 Å². The van der Waals surface area contributed by atoms with E-state index < -0.39 is 20.7 Å². The molecule has 3 aromatic rings. The molecule has 0 spiro atoms. The zero-order chi connectivity index (χ0) is 19.8. The lowest BCUT2D eigenvalue weighted by molar-refractivity contribution is -0.384. The van der Waals surface area contributed by atoms with Crippen molar-refractivity contribution in [3.63, 3.8) is 0 Å². The molecule has 0 aliphatic heterocycles. The van der Waals surface area contributed by atoms with Gasteiger partial charge in [0.05, 0.1) is 9.82 Å². The second kappa shape index (κ2) is 6.93. The van der Waals surface area contributed by atoms with Crippen LogP contribution < -0.4 is 0 Å². The number of nitro groups is 1. The number of nitro benzene ring substituents is 1. The number of aromatic carboxylic acids is 1. The van der Waals surface area contributed by atoms with Gasteiger partial charge in [-0.3, -0.25) is 10.1 Å². The molecule has 0 saturated heterocycles. The van der Waals surface area contributed by atoms with Crippen molar-refractivity contribution in [2.75, 3.05) is 6.26 Å². The van der Waals surface area contributed by atoms with E-state index in [1.807, 2.05) is 0 Å². The Bertz CT molecular complexity index is 1130. The average Bonchev–Trinajstić information content (AvgIpc) is 3.07. The van der Waals surface area contributed by atoms with Gasteiger partial charge in [-0.05, 0) is 41.5 Å². The van der Waals surface area contributed by atoms with E-state index >= 15 is 0 Å². The number of hydrogen-bond donors (Lipinski definition) is 1. The molecule has 1 heterocycles. The van der Waals surface area contributed by atoms with Crippen LogP contribution in [0.5, 0.6) is 0 Å². The Kier molecular flexibility index (Phi) is 4.81. The maximum Gasteiger partial charge on any atom is 0.345 e. The number of benzene rings is 2. The Morgan fingerprint density at radius 3 is 2.07 bits per heavy atom. The van der Waals surface area contributed by atoms with Crippen molar-refractivity contribution in [3.05, 3.63) is 69.6 Å². The number of carbonyl (C=O) groups is 1. The Morgan fingerprint density at radius 2 is 1.59 bits per heavy atom. The van der Waals surface area contributed by atoms with Gasteiger partial charge in [0.1, 0.15) is 4.88 Å². The van der Waals surface area contributed by atoms with E-state index in [0.29, 0.717) is 21.6 Å². The third-order valence-electron chi connectivity index (χ3n) is 3.88. The maximum absolute atomic E-state index is 11.6. The minimum Gasteiger partial charge on any atom is -0.477 e. The first kappa shape index (κ1) is 18.7. The summed E-state index contributed by atoms with van der Waals surface area (Å²) in [6.45, 7) is 0. The molecule has 3 rings (SSSR count). The highest BCUT2D eigenvalue weighted by Gasteiger charge is 2.18. The molecule has 1 N–H and O–H groups in total. The number of nitrogens with zero attached hydrogens (tertiary/aromatic N) is 1. The van der Waals surface area contributed by atoms with Crippen molar-refractivity contribution < 1.29 is 23.2 Å². The molecule has 9 heteroatoms. The maximum atomic E-state index is 11.6. The van der Waals surface area contributed by atoms with Gasteiger partial charge in [-0.2, -0.15) is 0 Å². The van der Waals surface area contributed by atoms with Crippen molar-refractivity contribution in [1.82, 2.24) is 0 Å². The topological polar surface area (TPSA) is 115 Å². The normalized spacial score (nSPS) is 11.3. The first-order valence-corrected chi connectivity index (χ1v) is 10.3. The van der Waals surface area contributed by atoms with Gasteiger partial charge in [0.2, 0.25) is 0 Å². The van der Waals surface area contributed by atoms with Gasteiger partial charge in [-0.25, -0.2) is 13.2 Å². The van der Waals surface area contributed by atoms with Crippen molar-refractivity contribution in [2.24, 2.45) is 0 Å². The fourth-order valence-corrected chi connectivity index (χ4v) is 4.20. The minimum atomic E-state index is -3.34. The second-order valence-corrected chi connectivity index (χ2v) is 8.83. The van der Waals surface area contributed by atoms with Gasteiger partial charge >= 0.3 is 5.97 Å². The third-order valence-corrected chi connectivity index (χ3v) is 6.18. The van der Waals surface area contributed by atoms with Crippen LogP contribution in [0.4, 0.5) is 5.69 Å². The molecule has 138 valence electrons. The molecule has 0 bridgehead atoms. The van der Waals surface area contributed by atoms with Crippen LogP contribution in [0.25, 0.3) is 21.6 Å². The van der Waals surface area contributed by atoms with Gasteiger partial charge in [0.25, 0.3) is 5.69 Å². The summed E-state index contributed by atoms with van der Waals surface area (Å²) in [6.07, 6.45) is 1.11. The molecule has 0 fully saturated rings. The third kappa shape index (κ3) is 3.88. The van der Waals surface area contributed by atoms with Crippen molar-refractivity contribution in [2.45, 2.75) is 4.90 Å². The Labute approximate surface area is 158 Å². The molecular weight excluding hydrogens is 390 g/mol. The summed E-state index contributed by atoms with van der Waals surface area (Å²) in [5.41, 5.74) is 1.85. The summed E-state index contributed by atoms with van der Waals surface area (Å²) in [6, 6.07) is 13.5. The van der Waals surface area contributed by atoms with E-state index in [4.69, 9.17) is 0 Å². The molecule has 0 atom stereocenters. The standard InChI is InChI=1S/C18H13NO6S2/c1-27(24,25)14-8-4-11(5-9-14)15-10-16(18(20)21)26-17(15)12-2-6-13(7-3-12)19(22)23/h2-10H,1H3,(H,20,21). The van der Waals surface area contributed by atoms with Crippen LogP contribution in [-0.2, 0) is 9.84 Å². The highest BCUT2D eigenvalue weighted by atomic mass is 32.2. The first-order chi connectivity index (χ1) is 12.7. The van der Waals surface area contributed by atoms with E-state index in [0.717, 1.165) is 17.6 Å². The average molecular weight is 403 g/mol. The second-order valence-electron chi connectivity index (χ2n) is 5.76. The Hall–Kier alpha value is -3.04. The fourth-order valence-electron chi connectivity index (χ4n) is 2.54. The quantitative estimate of drug-likeness (QED) is 0.507. The zero-order valence-electron chi connectivity index (χ0n) is 13.9. The van der Waals surface area contributed by atoms with E-state index in [-0.39, 0.29) is 15.5 Å². The lowest BCUT2D eigenvalue weighted by Gasteiger charge is -2.06. The van der Waals surface area contributed by atoms with E-state index in [1.165, 1.54) is 30.3 Å². The first-order valence-electron chi connectivity index (χ1n) is 7.59. The predicted molar refractivity (Wildman–Crippen MR) is 102 cm³/mol. The van der Waals surface area contributed by atoms with Crippen molar-refractivity contribution in [1.29, 1.82) is 0 Å². The molecule has 0 amide bonds. The molecule has 7 nitrogen and oxygen atoms in total. The number of hydrogen-bond acceptors (Lipinski definition) is 6. The van der Waals surface area contributed by atoms with Crippen LogP contribution in [0.1, 0.15) is 9.67 Å². The summed E-state index contributed by atoms with van der Waals surface area (Å²) >= 11 is 1.05. The minimum absolute atomic E-state index is 0.0622. The summed E-state index contributed by atoms with van der Waals surface area (Å²) in [7, 11) is -3.34. The van der Waals surface area contributed by atoms with Gasteiger partial charge in [0, 0.05) is 28.8 Å². The van der Waals surface area contributed by atoms with Crippen LogP contribution in [0.2, 0.25) is 0 Å². The number of sulfone groups is 1. The summed E-state index contributed by atoms with van der Waals surface area (Å²) < 4.78 is 23.2. The Balaban J connectivity index is 2.12. The summed E-state index contributed by atoms with van der Waals surface area (Å²) in [4.78, 5) is 22.6. The van der Waals surface area contributed by atoms with Crippen LogP contribution in [-0.4, -0.2) is 30.7 Å². The van der Waals surface area contributed by atoms with Crippen LogP contribution in [0, 0.1) is 10.1 Å². The lowest BCUT2D eigenvalue weighted by atomic mass is 10.0. The van der Waals surface area contributed by atoms with Gasteiger partial charge in [0.15, 0.2) is 9.84 Å². The number of carboxylic acids is 1. The highest BCUT2D eigenvalue weighted by Crippen LogP contribution is 2.40. The smallest absolute Gasteiger partial charge is 0.345 e. The number of rotatable bonds is 5. The van der Waals surface area contributed by atoms with E-state index in [9.17, 15) is 28.4 Å². The largest absolute Gasteiger partial charge is 0.477 e. The highest BCUT2D eigenvalue weighted by molar-refractivity contribution is 7.90. The zero-order valence-corrected chi connectivity index (χ0v) is 15.6. The number of carboxylic acid groups (broad SMARTS) is 1. The molecule has 27 heavy (non-hydrogen) atoms. The van der Waals surface area contributed by atoms with Crippen molar-refractivity contribution in [3.8, 4) is 21.6 Å². The Morgan fingerprint density at radius 1 is 1.04 bits per heavy atom. The monoisotopic (exact) mass is 403 g/mol. The summed E-state index contributed by atoms with van der Waals surface area (Å²) in [5, 5.41) is 20.2. The van der Waals surface area contributed by atoms with Crippen LogP contribution in [0.15, 0.2) is 59.5 Å². The molecule has 2 aromatic carbocycles. The van der Waals surface area contributed by atoms with Crippen molar-refractivity contribution >= 4 is 32.8 Å². The van der Waals surface area contributed by atoms with E-state index in [2.05, 4.69) is 0 Å². The van der Waals surface area contributed by atoms with Crippen LogP contribution >= 0.6 is 11.3 Å². The number of thiophene rings is 1. The molecule has 0 aliphatic carbocycles. The lowest BCUT2D eigenvalue weighted by Crippen LogP contribution is -1.96. The van der Waals surface area contributed by atoms with Gasteiger partial charge in [-0.15, -0.1) is 11.3 Å². The fraction of sp³-hybridized carbons (Fsp3) is 0.0556. The predicted octanol–water partition coefficient (Wildman–Crippen LogP) is 4.09. The van der Waals surface area contributed by atoms with Gasteiger partial charge in [-0.1, -0.05) is 12.1 Å². The summed E-state index contributed by atoms with van der Waals surface area (Å²) in [5.74, 6) is -1.08.